The van der Waals surface area contributed by atoms with Crippen molar-refractivity contribution in [2.75, 3.05) is 31.1 Å². The molecule has 1 aromatic carbocycles. The number of piperidine rings is 1. The van der Waals surface area contributed by atoms with Crippen LogP contribution in [-0.2, 0) is 4.79 Å². The predicted molar refractivity (Wildman–Crippen MR) is 76.6 cm³/mol. The van der Waals surface area contributed by atoms with Crippen molar-refractivity contribution in [2.45, 2.75) is 12.8 Å². The minimum atomic E-state index is -0.874. The molecular formula is C15H18FN3O2. The molecule has 1 aliphatic heterocycles. The number of nitrogens with zero attached hydrogens (tertiary/aromatic N) is 2. The van der Waals surface area contributed by atoms with Gasteiger partial charge in [0.1, 0.15) is 5.82 Å². The van der Waals surface area contributed by atoms with Crippen molar-refractivity contribution in [2.24, 2.45) is 5.92 Å². The fourth-order valence-electron chi connectivity index (χ4n) is 2.67. The van der Waals surface area contributed by atoms with Crippen molar-refractivity contribution in [3.05, 3.63) is 29.6 Å². The summed E-state index contributed by atoms with van der Waals surface area (Å²) in [6.45, 7) is 2.02. The molecule has 0 aromatic heterocycles. The summed E-state index contributed by atoms with van der Waals surface area (Å²) >= 11 is 0. The number of carbonyl (C=O) groups is 1. The number of carboxylic acids is 1. The number of hydrogen-bond donors (Lipinski definition) is 2. The molecule has 6 heteroatoms. The van der Waals surface area contributed by atoms with E-state index in [0.717, 1.165) is 19.4 Å². The second-order valence-corrected chi connectivity index (χ2v) is 5.26. The van der Waals surface area contributed by atoms with Gasteiger partial charge in [-0.2, -0.15) is 5.26 Å². The first-order valence-corrected chi connectivity index (χ1v) is 6.97. The lowest BCUT2D eigenvalue weighted by Crippen LogP contribution is -2.41. The van der Waals surface area contributed by atoms with E-state index in [0.29, 0.717) is 30.3 Å². The number of benzene rings is 1. The molecule has 0 amide bonds. The van der Waals surface area contributed by atoms with Crippen molar-refractivity contribution in [1.82, 2.24) is 5.32 Å². The summed E-state index contributed by atoms with van der Waals surface area (Å²) in [5, 5.41) is 20.3. The second kappa shape index (κ2) is 7.04. The molecule has 1 heterocycles. The van der Waals surface area contributed by atoms with Gasteiger partial charge < -0.3 is 15.3 Å². The molecule has 2 rings (SSSR count). The molecule has 5 nitrogen and oxygen atoms in total. The number of anilines is 1. The highest BCUT2D eigenvalue weighted by molar-refractivity contribution is 5.68. The second-order valence-electron chi connectivity index (χ2n) is 5.26. The van der Waals surface area contributed by atoms with Crippen LogP contribution in [0.4, 0.5) is 10.1 Å². The summed E-state index contributed by atoms with van der Waals surface area (Å²) in [7, 11) is 0. The third kappa shape index (κ3) is 4.17. The Labute approximate surface area is 123 Å². The van der Waals surface area contributed by atoms with E-state index in [1.807, 2.05) is 11.0 Å². The van der Waals surface area contributed by atoms with Crippen molar-refractivity contribution in [3.63, 3.8) is 0 Å². The minimum absolute atomic E-state index is 0.0538. The van der Waals surface area contributed by atoms with Gasteiger partial charge >= 0.3 is 5.97 Å². The van der Waals surface area contributed by atoms with Crippen molar-refractivity contribution in [1.29, 1.82) is 5.26 Å². The van der Waals surface area contributed by atoms with Gasteiger partial charge in [0.05, 0.1) is 23.9 Å². The van der Waals surface area contributed by atoms with Gasteiger partial charge in [0.25, 0.3) is 0 Å². The highest BCUT2D eigenvalue weighted by Crippen LogP contribution is 2.26. The first kappa shape index (κ1) is 15.3. The molecule has 1 aliphatic rings. The minimum Gasteiger partial charge on any atom is -0.480 e. The van der Waals surface area contributed by atoms with Gasteiger partial charge in [-0.15, -0.1) is 0 Å². The fourth-order valence-corrected chi connectivity index (χ4v) is 2.67. The topological polar surface area (TPSA) is 76.4 Å². The highest BCUT2D eigenvalue weighted by atomic mass is 19.1. The smallest absolute Gasteiger partial charge is 0.317 e. The molecule has 0 bridgehead atoms. The van der Waals surface area contributed by atoms with Crippen LogP contribution in [0.25, 0.3) is 0 Å². The van der Waals surface area contributed by atoms with Gasteiger partial charge in [-0.3, -0.25) is 4.79 Å². The average molecular weight is 291 g/mol. The molecule has 112 valence electrons. The zero-order chi connectivity index (χ0) is 15.2. The molecule has 1 aromatic rings. The van der Waals surface area contributed by atoms with E-state index >= 15 is 0 Å². The molecule has 2 N–H and O–H groups in total. The fraction of sp³-hybridized carbons (Fsp3) is 0.467. The van der Waals surface area contributed by atoms with Crippen LogP contribution in [0.5, 0.6) is 0 Å². The number of halogens is 1. The van der Waals surface area contributed by atoms with Gasteiger partial charge in [-0.25, -0.2) is 4.39 Å². The third-order valence-electron chi connectivity index (χ3n) is 3.65. The van der Waals surface area contributed by atoms with Crippen LogP contribution in [-0.4, -0.2) is 37.3 Å². The Balaban J connectivity index is 1.97. The van der Waals surface area contributed by atoms with Crippen LogP contribution in [0.3, 0.4) is 0 Å². The zero-order valence-corrected chi connectivity index (χ0v) is 11.7. The number of nitrogens with one attached hydrogen (secondary N) is 1. The molecule has 1 unspecified atom stereocenters. The van der Waals surface area contributed by atoms with Crippen molar-refractivity contribution in [3.8, 4) is 6.07 Å². The maximum atomic E-state index is 14.0. The summed E-state index contributed by atoms with van der Waals surface area (Å²) in [6.07, 6.45) is 1.94. The van der Waals surface area contributed by atoms with Crippen LogP contribution in [0.2, 0.25) is 0 Å². The Bertz CT molecular complexity index is 556. The number of aliphatic carboxylic acids is 1. The largest absolute Gasteiger partial charge is 0.480 e. The Morgan fingerprint density at radius 2 is 2.38 bits per heavy atom. The molecule has 21 heavy (non-hydrogen) atoms. The van der Waals surface area contributed by atoms with Gasteiger partial charge in [0.2, 0.25) is 0 Å². The van der Waals surface area contributed by atoms with Gasteiger partial charge in [0, 0.05) is 19.6 Å². The normalized spacial score (nSPS) is 18.3. The van der Waals surface area contributed by atoms with E-state index in [2.05, 4.69) is 5.32 Å². The Morgan fingerprint density at radius 1 is 1.57 bits per heavy atom. The SMILES string of the molecule is N#Cc1ccc(N2CCCC(CNCC(=O)O)C2)c(F)c1. The summed E-state index contributed by atoms with van der Waals surface area (Å²) in [4.78, 5) is 12.4. The predicted octanol–water partition coefficient (Wildman–Crippen LogP) is 1.59. The van der Waals surface area contributed by atoms with Crippen LogP contribution in [0.1, 0.15) is 18.4 Å². The molecule has 1 fully saturated rings. The standard InChI is InChI=1S/C15H18FN3O2/c16-13-6-11(7-17)3-4-14(13)19-5-1-2-12(10-19)8-18-9-15(20)21/h3-4,6,12,18H,1-2,5,8-10H2,(H,20,21). The number of carboxylic acid groups (broad SMARTS) is 1. The van der Waals surface area contributed by atoms with E-state index in [1.165, 1.54) is 6.07 Å². The molecule has 0 radical (unpaired) electrons. The monoisotopic (exact) mass is 291 g/mol. The molecule has 0 aliphatic carbocycles. The molecule has 1 saturated heterocycles. The lowest BCUT2D eigenvalue weighted by molar-refractivity contribution is -0.136. The van der Waals surface area contributed by atoms with E-state index in [1.54, 1.807) is 12.1 Å². The number of rotatable bonds is 5. The van der Waals surface area contributed by atoms with E-state index in [-0.39, 0.29) is 12.4 Å². The van der Waals surface area contributed by atoms with E-state index in [9.17, 15) is 9.18 Å². The molecule has 0 spiro atoms. The number of hydrogen-bond acceptors (Lipinski definition) is 4. The maximum Gasteiger partial charge on any atom is 0.317 e. The first-order chi connectivity index (χ1) is 10.1. The van der Waals surface area contributed by atoms with Crippen LogP contribution in [0.15, 0.2) is 18.2 Å². The Kier molecular flexibility index (Phi) is 5.12. The van der Waals surface area contributed by atoms with Crippen molar-refractivity contribution < 1.29 is 14.3 Å². The third-order valence-corrected chi connectivity index (χ3v) is 3.65. The quantitative estimate of drug-likeness (QED) is 0.861. The summed E-state index contributed by atoms with van der Waals surface area (Å²) in [5.74, 6) is -0.956. The number of nitriles is 1. The first-order valence-electron chi connectivity index (χ1n) is 6.97. The Morgan fingerprint density at radius 3 is 3.05 bits per heavy atom. The highest BCUT2D eigenvalue weighted by Gasteiger charge is 2.22. The molecular weight excluding hydrogens is 273 g/mol. The summed E-state index contributed by atoms with van der Waals surface area (Å²) in [5.41, 5.74) is 0.824. The maximum absolute atomic E-state index is 14.0. The van der Waals surface area contributed by atoms with Gasteiger partial charge in [0.15, 0.2) is 0 Å². The van der Waals surface area contributed by atoms with Gasteiger partial charge in [-0.05, 0) is 37.0 Å². The van der Waals surface area contributed by atoms with Crippen molar-refractivity contribution >= 4 is 11.7 Å². The zero-order valence-electron chi connectivity index (χ0n) is 11.7. The molecule has 0 saturated carbocycles. The average Bonchev–Trinajstić information content (AvgIpc) is 2.47. The van der Waals surface area contributed by atoms with E-state index in [4.69, 9.17) is 10.4 Å². The lowest BCUT2D eigenvalue weighted by atomic mass is 9.97. The van der Waals surface area contributed by atoms with Crippen LogP contribution in [0, 0.1) is 23.1 Å². The van der Waals surface area contributed by atoms with Crippen LogP contribution >= 0.6 is 0 Å². The van der Waals surface area contributed by atoms with Gasteiger partial charge in [-0.1, -0.05) is 0 Å². The summed E-state index contributed by atoms with van der Waals surface area (Å²) in [6, 6.07) is 6.43. The molecule has 1 atom stereocenters. The van der Waals surface area contributed by atoms with Crippen LogP contribution < -0.4 is 10.2 Å². The summed E-state index contributed by atoms with van der Waals surface area (Å²) < 4.78 is 14.0. The Hall–Kier alpha value is -2.13. The van der Waals surface area contributed by atoms with E-state index < -0.39 is 5.97 Å². The lowest BCUT2D eigenvalue weighted by Gasteiger charge is -2.34.